The SMILES string of the molecule is CCOCC1C2C=CC(C2)C1C(=O)O. The number of hydrogen-bond donors (Lipinski definition) is 1. The maximum Gasteiger partial charge on any atom is 0.307 e. The standard InChI is InChI=1S/C11H16O3/c1-2-14-6-9-7-3-4-8(5-7)10(9)11(12)13/h3-4,7-10H,2,5-6H2,1H3,(H,12,13). The summed E-state index contributed by atoms with van der Waals surface area (Å²) < 4.78 is 5.35. The van der Waals surface area contributed by atoms with Crippen molar-refractivity contribution in [3.05, 3.63) is 12.2 Å². The molecule has 0 aliphatic heterocycles. The fraction of sp³-hybridized carbons (Fsp3) is 0.727. The highest BCUT2D eigenvalue weighted by molar-refractivity contribution is 5.72. The van der Waals surface area contributed by atoms with Gasteiger partial charge in [-0.05, 0) is 25.2 Å². The summed E-state index contributed by atoms with van der Waals surface area (Å²) in [6, 6.07) is 0. The predicted molar refractivity (Wildman–Crippen MR) is 51.8 cm³/mol. The minimum atomic E-state index is -0.661. The molecular formula is C11H16O3. The molecule has 0 radical (unpaired) electrons. The second-order valence-electron chi connectivity index (χ2n) is 4.14. The van der Waals surface area contributed by atoms with E-state index in [0.717, 1.165) is 6.42 Å². The molecule has 2 rings (SSSR count). The van der Waals surface area contributed by atoms with Gasteiger partial charge in [-0.1, -0.05) is 12.2 Å². The smallest absolute Gasteiger partial charge is 0.307 e. The monoisotopic (exact) mass is 196 g/mol. The Bertz CT molecular complexity index is 259. The molecule has 0 spiro atoms. The molecule has 2 aliphatic carbocycles. The minimum absolute atomic E-state index is 0.197. The van der Waals surface area contributed by atoms with Gasteiger partial charge in [-0.15, -0.1) is 0 Å². The number of fused-ring (bicyclic) bond motifs is 2. The van der Waals surface area contributed by atoms with Gasteiger partial charge in [-0.25, -0.2) is 0 Å². The fourth-order valence-electron chi connectivity index (χ4n) is 2.77. The molecule has 3 heteroatoms. The van der Waals surface area contributed by atoms with Gasteiger partial charge in [0.05, 0.1) is 12.5 Å². The lowest BCUT2D eigenvalue weighted by Crippen LogP contribution is -2.30. The summed E-state index contributed by atoms with van der Waals surface area (Å²) in [4.78, 5) is 11.1. The highest BCUT2D eigenvalue weighted by Crippen LogP contribution is 2.48. The molecular weight excluding hydrogens is 180 g/mol. The van der Waals surface area contributed by atoms with E-state index in [9.17, 15) is 4.79 Å². The summed E-state index contributed by atoms with van der Waals surface area (Å²) >= 11 is 0. The van der Waals surface area contributed by atoms with Crippen molar-refractivity contribution in [2.45, 2.75) is 13.3 Å². The van der Waals surface area contributed by atoms with Gasteiger partial charge in [0.15, 0.2) is 0 Å². The first kappa shape index (κ1) is 9.71. The van der Waals surface area contributed by atoms with Crippen LogP contribution < -0.4 is 0 Å². The first-order valence-corrected chi connectivity index (χ1v) is 5.23. The zero-order chi connectivity index (χ0) is 10.1. The number of hydrogen-bond acceptors (Lipinski definition) is 2. The normalized spacial score (nSPS) is 39.2. The second kappa shape index (κ2) is 3.73. The molecule has 1 saturated carbocycles. The Balaban J connectivity index is 2.06. The first-order valence-electron chi connectivity index (χ1n) is 5.23. The van der Waals surface area contributed by atoms with Crippen LogP contribution in [0.3, 0.4) is 0 Å². The maximum atomic E-state index is 11.1. The van der Waals surface area contributed by atoms with Crippen LogP contribution in [0.4, 0.5) is 0 Å². The van der Waals surface area contributed by atoms with Crippen molar-refractivity contribution < 1.29 is 14.6 Å². The Kier molecular flexibility index (Phi) is 2.59. The number of allylic oxidation sites excluding steroid dienone is 2. The number of carbonyl (C=O) groups is 1. The summed E-state index contributed by atoms with van der Waals surface area (Å²) in [6.07, 6.45) is 5.23. The summed E-state index contributed by atoms with van der Waals surface area (Å²) in [5.41, 5.74) is 0. The third kappa shape index (κ3) is 1.46. The molecule has 1 N–H and O–H groups in total. The van der Waals surface area contributed by atoms with Crippen LogP contribution in [0.5, 0.6) is 0 Å². The van der Waals surface area contributed by atoms with E-state index in [1.807, 2.05) is 6.92 Å². The van der Waals surface area contributed by atoms with Gasteiger partial charge in [-0.3, -0.25) is 4.79 Å². The summed E-state index contributed by atoms with van der Waals surface area (Å²) in [5, 5.41) is 9.12. The molecule has 0 amide bonds. The van der Waals surface area contributed by atoms with E-state index in [1.165, 1.54) is 0 Å². The number of aliphatic carboxylic acids is 1. The molecule has 0 heterocycles. The first-order chi connectivity index (χ1) is 6.74. The quantitative estimate of drug-likeness (QED) is 0.694. The summed E-state index contributed by atoms with van der Waals surface area (Å²) in [7, 11) is 0. The van der Waals surface area contributed by atoms with E-state index in [0.29, 0.717) is 19.1 Å². The molecule has 2 aliphatic rings. The molecule has 78 valence electrons. The van der Waals surface area contributed by atoms with E-state index in [-0.39, 0.29) is 17.8 Å². The number of carboxylic acids is 1. The van der Waals surface area contributed by atoms with Gasteiger partial charge in [0, 0.05) is 12.5 Å². The Morgan fingerprint density at radius 2 is 2.21 bits per heavy atom. The lowest BCUT2D eigenvalue weighted by Gasteiger charge is -2.24. The van der Waals surface area contributed by atoms with Crippen LogP contribution in [-0.4, -0.2) is 24.3 Å². The maximum absolute atomic E-state index is 11.1. The fourth-order valence-corrected chi connectivity index (χ4v) is 2.77. The Hall–Kier alpha value is -0.830. The van der Waals surface area contributed by atoms with Gasteiger partial charge in [0.25, 0.3) is 0 Å². The largest absolute Gasteiger partial charge is 0.481 e. The third-order valence-electron chi connectivity index (χ3n) is 3.42. The zero-order valence-corrected chi connectivity index (χ0v) is 8.35. The topological polar surface area (TPSA) is 46.5 Å². The van der Waals surface area contributed by atoms with Gasteiger partial charge in [0.1, 0.15) is 0 Å². The zero-order valence-electron chi connectivity index (χ0n) is 8.35. The Morgan fingerprint density at radius 1 is 1.50 bits per heavy atom. The van der Waals surface area contributed by atoms with E-state index in [2.05, 4.69) is 12.2 Å². The van der Waals surface area contributed by atoms with Crippen molar-refractivity contribution in [2.24, 2.45) is 23.7 Å². The number of rotatable bonds is 4. The van der Waals surface area contributed by atoms with Crippen molar-refractivity contribution in [3.63, 3.8) is 0 Å². The van der Waals surface area contributed by atoms with E-state index in [1.54, 1.807) is 0 Å². The predicted octanol–water partition coefficient (Wildman–Crippen LogP) is 1.55. The van der Waals surface area contributed by atoms with Crippen LogP contribution in [0.2, 0.25) is 0 Å². The molecule has 3 nitrogen and oxygen atoms in total. The van der Waals surface area contributed by atoms with Gasteiger partial charge >= 0.3 is 5.97 Å². The van der Waals surface area contributed by atoms with Crippen LogP contribution in [0, 0.1) is 23.7 Å². The highest BCUT2D eigenvalue weighted by atomic mass is 16.5. The van der Waals surface area contributed by atoms with Gasteiger partial charge in [-0.2, -0.15) is 0 Å². The number of carboxylic acid groups (broad SMARTS) is 1. The molecule has 0 aromatic carbocycles. The van der Waals surface area contributed by atoms with E-state index >= 15 is 0 Å². The molecule has 4 atom stereocenters. The molecule has 0 aromatic rings. The van der Waals surface area contributed by atoms with Crippen molar-refractivity contribution in [1.29, 1.82) is 0 Å². The highest BCUT2D eigenvalue weighted by Gasteiger charge is 2.48. The molecule has 14 heavy (non-hydrogen) atoms. The van der Waals surface area contributed by atoms with Crippen molar-refractivity contribution >= 4 is 5.97 Å². The lowest BCUT2D eigenvalue weighted by atomic mass is 9.84. The van der Waals surface area contributed by atoms with Crippen molar-refractivity contribution in [3.8, 4) is 0 Å². The Morgan fingerprint density at radius 3 is 2.86 bits per heavy atom. The van der Waals surface area contributed by atoms with Crippen LogP contribution in [0.15, 0.2) is 12.2 Å². The molecule has 0 saturated heterocycles. The van der Waals surface area contributed by atoms with Crippen molar-refractivity contribution in [2.75, 3.05) is 13.2 Å². The van der Waals surface area contributed by atoms with Gasteiger partial charge < -0.3 is 9.84 Å². The average molecular weight is 196 g/mol. The van der Waals surface area contributed by atoms with Crippen LogP contribution in [0.1, 0.15) is 13.3 Å². The summed E-state index contributed by atoms with van der Waals surface area (Å²) in [6.45, 7) is 3.21. The molecule has 1 fully saturated rings. The number of ether oxygens (including phenoxy) is 1. The van der Waals surface area contributed by atoms with E-state index < -0.39 is 5.97 Å². The van der Waals surface area contributed by atoms with E-state index in [4.69, 9.17) is 9.84 Å². The van der Waals surface area contributed by atoms with Crippen LogP contribution >= 0.6 is 0 Å². The molecule has 2 bridgehead atoms. The molecule has 0 aromatic heterocycles. The van der Waals surface area contributed by atoms with Crippen LogP contribution in [-0.2, 0) is 9.53 Å². The second-order valence-corrected chi connectivity index (χ2v) is 4.14. The van der Waals surface area contributed by atoms with Crippen LogP contribution in [0.25, 0.3) is 0 Å². The van der Waals surface area contributed by atoms with Gasteiger partial charge in [0.2, 0.25) is 0 Å². The third-order valence-corrected chi connectivity index (χ3v) is 3.42. The molecule has 4 unspecified atom stereocenters. The van der Waals surface area contributed by atoms with Crippen molar-refractivity contribution in [1.82, 2.24) is 0 Å². The average Bonchev–Trinajstić information content (AvgIpc) is 2.72. The minimum Gasteiger partial charge on any atom is -0.481 e. The Labute approximate surface area is 83.8 Å². The summed E-state index contributed by atoms with van der Waals surface area (Å²) in [5.74, 6) is 0.0150. The lowest BCUT2D eigenvalue weighted by molar-refractivity contribution is -0.145.